The maximum absolute atomic E-state index is 12.8. The van der Waals surface area contributed by atoms with Crippen molar-refractivity contribution < 1.29 is 13.2 Å². The normalized spacial score (nSPS) is 12.0. The zero-order valence-corrected chi connectivity index (χ0v) is 12.9. The Hall–Kier alpha value is -3.23. The molecule has 126 valence electrons. The van der Waals surface area contributed by atoms with Gasteiger partial charge in [0.25, 0.3) is 5.82 Å². The third-order valence-electron chi connectivity index (χ3n) is 3.67. The van der Waals surface area contributed by atoms with E-state index in [2.05, 4.69) is 25.3 Å². The molecule has 4 heterocycles. The van der Waals surface area contributed by atoms with Gasteiger partial charge in [-0.25, -0.2) is 9.50 Å². The minimum absolute atomic E-state index is 0.120. The number of aryl methyl sites for hydroxylation is 1. The van der Waals surface area contributed by atoms with Crippen LogP contribution in [0.1, 0.15) is 11.5 Å². The number of pyridine rings is 2. The summed E-state index contributed by atoms with van der Waals surface area (Å²) < 4.78 is 39.4. The Morgan fingerprint density at radius 1 is 1.08 bits per heavy atom. The second-order valence-electron chi connectivity index (χ2n) is 5.47. The summed E-state index contributed by atoms with van der Waals surface area (Å²) in [6.45, 7) is 1.87. The van der Waals surface area contributed by atoms with Crippen LogP contribution in [0, 0.1) is 6.92 Å². The van der Waals surface area contributed by atoms with Crippen molar-refractivity contribution in [1.29, 1.82) is 0 Å². The number of nitrogens with one attached hydrogen (secondary N) is 1. The van der Waals surface area contributed by atoms with E-state index < -0.39 is 12.0 Å². The predicted octanol–water partition coefficient (Wildman–Crippen LogP) is 3.51. The van der Waals surface area contributed by atoms with E-state index in [9.17, 15) is 13.2 Å². The van der Waals surface area contributed by atoms with E-state index in [1.54, 1.807) is 12.3 Å². The molecule has 0 amide bonds. The van der Waals surface area contributed by atoms with Crippen molar-refractivity contribution in [2.45, 2.75) is 13.1 Å². The molecule has 0 bridgehead atoms. The highest BCUT2D eigenvalue weighted by molar-refractivity contribution is 5.78. The lowest BCUT2D eigenvalue weighted by molar-refractivity contribution is -0.144. The molecule has 25 heavy (non-hydrogen) atoms. The Kier molecular flexibility index (Phi) is 3.31. The molecule has 0 saturated heterocycles. The fraction of sp³-hybridized carbons (Fsp3) is 0.125. The molecule has 0 fully saturated rings. The van der Waals surface area contributed by atoms with Crippen molar-refractivity contribution in [3.8, 4) is 22.5 Å². The molecule has 0 radical (unpaired) electrons. The first-order valence-corrected chi connectivity index (χ1v) is 7.33. The minimum atomic E-state index is -4.58. The van der Waals surface area contributed by atoms with Crippen LogP contribution in [0.4, 0.5) is 13.2 Å². The van der Waals surface area contributed by atoms with Crippen LogP contribution in [-0.2, 0) is 6.18 Å². The van der Waals surface area contributed by atoms with Crippen LogP contribution in [0.25, 0.3) is 28.2 Å². The number of H-pyrrole nitrogens is 1. The van der Waals surface area contributed by atoms with Gasteiger partial charge in [0.1, 0.15) is 5.69 Å². The van der Waals surface area contributed by atoms with Crippen LogP contribution < -0.4 is 0 Å². The largest absolute Gasteiger partial charge is 0.453 e. The van der Waals surface area contributed by atoms with Crippen LogP contribution in [0.2, 0.25) is 0 Å². The van der Waals surface area contributed by atoms with Gasteiger partial charge in [-0.15, -0.1) is 5.10 Å². The van der Waals surface area contributed by atoms with Gasteiger partial charge in [0, 0.05) is 29.2 Å². The number of hydrogen-bond donors (Lipinski definition) is 1. The quantitative estimate of drug-likeness (QED) is 0.604. The van der Waals surface area contributed by atoms with Crippen molar-refractivity contribution in [2.75, 3.05) is 0 Å². The lowest BCUT2D eigenvalue weighted by Gasteiger charge is -2.03. The molecule has 0 aliphatic heterocycles. The van der Waals surface area contributed by atoms with E-state index in [-0.39, 0.29) is 5.65 Å². The van der Waals surface area contributed by atoms with Crippen LogP contribution in [0.15, 0.2) is 42.7 Å². The number of rotatable bonds is 2. The van der Waals surface area contributed by atoms with Gasteiger partial charge >= 0.3 is 6.18 Å². The third kappa shape index (κ3) is 2.73. The van der Waals surface area contributed by atoms with Crippen molar-refractivity contribution in [2.24, 2.45) is 0 Å². The van der Waals surface area contributed by atoms with Crippen LogP contribution in [0.5, 0.6) is 0 Å². The summed E-state index contributed by atoms with van der Waals surface area (Å²) in [6.07, 6.45) is -1.43. The monoisotopic (exact) mass is 344 g/mol. The Morgan fingerprint density at radius 2 is 1.92 bits per heavy atom. The zero-order valence-electron chi connectivity index (χ0n) is 12.9. The molecular formula is C16H11F3N6. The first-order chi connectivity index (χ1) is 11.9. The summed E-state index contributed by atoms with van der Waals surface area (Å²) in [4.78, 5) is 7.92. The van der Waals surface area contributed by atoms with E-state index in [1.165, 1.54) is 12.3 Å². The number of aromatic nitrogens is 6. The van der Waals surface area contributed by atoms with Crippen LogP contribution in [-0.4, -0.2) is 29.8 Å². The molecular weight excluding hydrogens is 333 g/mol. The number of hydrogen-bond acceptors (Lipinski definition) is 4. The topological polar surface area (TPSA) is 71.8 Å². The minimum Gasteiger partial charge on any atom is -0.284 e. The Labute approximate surface area is 139 Å². The van der Waals surface area contributed by atoms with Gasteiger partial charge in [0.2, 0.25) is 0 Å². The lowest BCUT2D eigenvalue weighted by atomic mass is 10.1. The van der Waals surface area contributed by atoms with Crippen molar-refractivity contribution in [3.05, 3.63) is 54.2 Å². The van der Waals surface area contributed by atoms with E-state index >= 15 is 0 Å². The lowest BCUT2D eigenvalue weighted by Crippen LogP contribution is -2.07. The van der Waals surface area contributed by atoms with Crippen LogP contribution in [0.3, 0.4) is 0 Å². The summed E-state index contributed by atoms with van der Waals surface area (Å²) >= 11 is 0. The highest BCUT2D eigenvalue weighted by atomic mass is 19.4. The highest BCUT2D eigenvalue weighted by Crippen LogP contribution is 2.30. The maximum atomic E-state index is 12.8. The first kappa shape index (κ1) is 15.3. The molecule has 1 N–H and O–H groups in total. The molecule has 0 aliphatic carbocycles. The summed E-state index contributed by atoms with van der Waals surface area (Å²) in [5.74, 6) is -1.17. The van der Waals surface area contributed by atoms with Gasteiger partial charge in [-0.05, 0) is 31.2 Å². The van der Waals surface area contributed by atoms with Gasteiger partial charge in [0.05, 0.1) is 5.69 Å². The molecule has 4 rings (SSSR count). The Balaban J connectivity index is 1.82. The van der Waals surface area contributed by atoms with Crippen molar-refractivity contribution in [3.63, 3.8) is 0 Å². The van der Waals surface area contributed by atoms with Gasteiger partial charge < -0.3 is 0 Å². The molecule has 0 spiro atoms. The number of alkyl halides is 3. The Bertz CT molecular complexity index is 1060. The number of fused-ring (bicyclic) bond motifs is 1. The van der Waals surface area contributed by atoms with Gasteiger partial charge in [0.15, 0.2) is 5.65 Å². The molecule has 6 nitrogen and oxygen atoms in total. The summed E-state index contributed by atoms with van der Waals surface area (Å²) in [5.41, 5.74) is 3.61. The van der Waals surface area contributed by atoms with Crippen molar-refractivity contribution >= 4 is 5.65 Å². The summed E-state index contributed by atoms with van der Waals surface area (Å²) in [7, 11) is 0. The second kappa shape index (κ2) is 5.40. The van der Waals surface area contributed by atoms with Gasteiger partial charge in [-0.2, -0.15) is 18.3 Å². The van der Waals surface area contributed by atoms with Gasteiger partial charge in [-0.1, -0.05) is 6.07 Å². The van der Waals surface area contributed by atoms with E-state index in [0.717, 1.165) is 10.2 Å². The van der Waals surface area contributed by atoms with E-state index in [4.69, 9.17) is 0 Å². The fourth-order valence-electron chi connectivity index (χ4n) is 2.54. The standard InChI is InChI=1S/C16H11F3N6/c1-9-3-2-4-12(21-9)14-11(7-20-23-14)10-5-6-13-22-15(16(17,18)19)24-25(13)8-10/h2-8H,1H3,(H,20,23). The second-order valence-corrected chi connectivity index (χ2v) is 5.47. The maximum Gasteiger partial charge on any atom is 0.453 e. The molecule has 4 aromatic heterocycles. The number of nitrogens with zero attached hydrogens (tertiary/aromatic N) is 5. The molecule has 0 atom stereocenters. The SMILES string of the molecule is Cc1cccc(-c2n[nH]cc2-c2ccc3nc(C(F)(F)F)nn3c2)n1. The summed E-state index contributed by atoms with van der Waals surface area (Å²) in [6, 6.07) is 8.72. The molecule has 0 aliphatic rings. The molecule has 4 aromatic rings. The van der Waals surface area contributed by atoms with Gasteiger partial charge in [-0.3, -0.25) is 10.1 Å². The predicted molar refractivity (Wildman–Crippen MR) is 83.5 cm³/mol. The molecule has 0 aromatic carbocycles. The van der Waals surface area contributed by atoms with E-state index in [1.807, 2.05) is 25.1 Å². The third-order valence-corrected chi connectivity index (χ3v) is 3.67. The number of aromatic amines is 1. The van der Waals surface area contributed by atoms with Crippen molar-refractivity contribution in [1.82, 2.24) is 29.8 Å². The molecule has 9 heteroatoms. The average molecular weight is 344 g/mol. The van der Waals surface area contributed by atoms with E-state index in [0.29, 0.717) is 22.5 Å². The smallest absolute Gasteiger partial charge is 0.284 e. The summed E-state index contributed by atoms with van der Waals surface area (Å²) in [5, 5.41) is 10.5. The molecule has 0 saturated carbocycles. The Morgan fingerprint density at radius 3 is 2.68 bits per heavy atom. The highest BCUT2D eigenvalue weighted by Gasteiger charge is 2.36. The number of halogens is 3. The average Bonchev–Trinajstić information content (AvgIpc) is 3.20. The fourth-order valence-corrected chi connectivity index (χ4v) is 2.54. The first-order valence-electron chi connectivity index (χ1n) is 7.33. The zero-order chi connectivity index (χ0) is 17.6. The van der Waals surface area contributed by atoms with Crippen LogP contribution >= 0.6 is 0 Å². The molecule has 0 unspecified atom stereocenters.